The molecule has 0 bridgehead atoms. The van der Waals surface area contributed by atoms with Crippen LogP contribution in [-0.4, -0.2) is 0 Å². The minimum absolute atomic E-state index is 0.309. The normalized spacial score (nSPS) is 13.4. The van der Waals surface area contributed by atoms with E-state index in [2.05, 4.69) is 33.8 Å². The second-order valence-electron chi connectivity index (χ2n) is 5.73. The second-order valence-corrected chi connectivity index (χ2v) is 5.73. The topological polar surface area (TPSA) is 23.8 Å². The number of unbranched alkanes of at least 4 members (excludes halogenated alkanes) is 2. The molecule has 0 aromatic rings. The molecule has 1 unspecified atom stereocenters. The summed E-state index contributed by atoms with van der Waals surface area (Å²) in [5, 5.41) is 8.93. The fourth-order valence-electron chi connectivity index (χ4n) is 1.97. The van der Waals surface area contributed by atoms with E-state index in [1.165, 1.54) is 32.1 Å². The molecule has 0 amide bonds. The van der Waals surface area contributed by atoms with E-state index in [9.17, 15) is 0 Å². The smallest absolute Gasteiger partial charge is 0.0655 e. The van der Waals surface area contributed by atoms with Gasteiger partial charge in [0.25, 0.3) is 0 Å². The summed E-state index contributed by atoms with van der Waals surface area (Å²) in [5.74, 6) is 0.309. The van der Waals surface area contributed by atoms with E-state index in [4.69, 9.17) is 5.26 Å². The number of nitriles is 1. The van der Waals surface area contributed by atoms with Crippen LogP contribution in [0, 0.1) is 22.7 Å². The first-order valence-electron chi connectivity index (χ1n) is 6.95. The molecule has 1 heteroatoms. The van der Waals surface area contributed by atoms with Crippen molar-refractivity contribution in [1.82, 2.24) is 0 Å². The van der Waals surface area contributed by atoms with Gasteiger partial charge in [0.15, 0.2) is 0 Å². The molecule has 0 aliphatic rings. The van der Waals surface area contributed by atoms with Gasteiger partial charge >= 0.3 is 0 Å². The van der Waals surface area contributed by atoms with E-state index in [0.717, 1.165) is 19.3 Å². The first-order chi connectivity index (χ1) is 7.55. The monoisotopic (exact) mass is 223 g/mol. The first-order valence-corrected chi connectivity index (χ1v) is 6.95. The minimum Gasteiger partial charge on any atom is -0.198 e. The molecule has 0 fully saturated rings. The Morgan fingerprint density at radius 2 is 1.75 bits per heavy atom. The molecular formula is C15H29N. The molecule has 0 aromatic heterocycles. The lowest BCUT2D eigenvalue weighted by Crippen LogP contribution is -2.08. The van der Waals surface area contributed by atoms with Crippen molar-refractivity contribution in [2.75, 3.05) is 0 Å². The minimum atomic E-state index is 0.309. The zero-order valence-electron chi connectivity index (χ0n) is 11.7. The Hall–Kier alpha value is -0.510. The summed E-state index contributed by atoms with van der Waals surface area (Å²) >= 11 is 0. The second kappa shape index (κ2) is 8.62. The molecule has 0 aliphatic carbocycles. The van der Waals surface area contributed by atoms with Gasteiger partial charge in [-0.15, -0.1) is 0 Å². The Kier molecular flexibility index (Phi) is 8.35. The lowest BCUT2D eigenvalue weighted by atomic mass is 9.84. The molecular weight excluding hydrogens is 194 g/mol. The summed E-state index contributed by atoms with van der Waals surface area (Å²) < 4.78 is 0. The van der Waals surface area contributed by atoms with Crippen molar-refractivity contribution in [3.8, 4) is 6.07 Å². The van der Waals surface area contributed by atoms with Crippen molar-refractivity contribution in [3.63, 3.8) is 0 Å². The van der Waals surface area contributed by atoms with Gasteiger partial charge in [0, 0.05) is 5.92 Å². The van der Waals surface area contributed by atoms with Crippen LogP contribution in [0.4, 0.5) is 0 Å². The van der Waals surface area contributed by atoms with Gasteiger partial charge < -0.3 is 0 Å². The predicted octanol–water partition coefficient (Wildman–Crippen LogP) is 5.31. The maximum absolute atomic E-state index is 8.93. The zero-order chi connectivity index (χ0) is 12.4. The maximum Gasteiger partial charge on any atom is 0.0655 e. The van der Waals surface area contributed by atoms with Gasteiger partial charge in [0.05, 0.1) is 6.07 Å². The van der Waals surface area contributed by atoms with E-state index < -0.39 is 0 Å². The molecule has 0 aliphatic heterocycles. The van der Waals surface area contributed by atoms with Crippen molar-refractivity contribution in [1.29, 1.82) is 5.26 Å². The summed E-state index contributed by atoms with van der Waals surface area (Å²) in [7, 11) is 0. The van der Waals surface area contributed by atoms with Crippen LogP contribution < -0.4 is 0 Å². The third kappa shape index (κ3) is 7.74. The van der Waals surface area contributed by atoms with Crippen LogP contribution in [-0.2, 0) is 0 Å². The average Bonchev–Trinajstić information content (AvgIpc) is 2.27. The number of nitrogens with zero attached hydrogens (tertiary/aromatic N) is 1. The molecule has 94 valence electrons. The van der Waals surface area contributed by atoms with Gasteiger partial charge in [0.2, 0.25) is 0 Å². The Morgan fingerprint density at radius 1 is 1.06 bits per heavy atom. The van der Waals surface area contributed by atoms with Crippen LogP contribution in [0.5, 0.6) is 0 Å². The maximum atomic E-state index is 8.93. The Labute approximate surface area is 102 Å². The van der Waals surface area contributed by atoms with Gasteiger partial charge in [-0.05, 0) is 24.7 Å². The van der Waals surface area contributed by atoms with E-state index >= 15 is 0 Å². The van der Waals surface area contributed by atoms with Gasteiger partial charge in [-0.25, -0.2) is 0 Å². The van der Waals surface area contributed by atoms with Crippen LogP contribution in [0.1, 0.15) is 79.1 Å². The van der Waals surface area contributed by atoms with Crippen LogP contribution in [0.25, 0.3) is 0 Å². The van der Waals surface area contributed by atoms with Crippen LogP contribution in [0.2, 0.25) is 0 Å². The van der Waals surface area contributed by atoms with Gasteiger partial charge in [-0.2, -0.15) is 5.26 Å². The molecule has 1 atom stereocenters. The molecule has 0 saturated carbocycles. The van der Waals surface area contributed by atoms with Gasteiger partial charge in [0.1, 0.15) is 0 Å². The van der Waals surface area contributed by atoms with E-state index in [-0.39, 0.29) is 0 Å². The highest BCUT2D eigenvalue weighted by atomic mass is 14.3. The largest absolute Gasteiger partial charge is 0.198 e. The summed E-state index contributed by atoms with van der Waals surface area (Å²) in [4.78, 5) is 0. The molecule has 0 radical (unpaired) electrons. The fourth-order valence-corrected chi connectivity index (χ4v) is 1.97. The molecule has 0 saturated heterocycles. The number of hydrogen-bond acceptors (Lipinski definition) is 1. The van der Waals surface area contributed by atoms with Crippen LogP contribution in [0.15, 0.2) is 0 Å². The van der Waals surface area contributed by atoms with Crippen molar-refractivity contribution in [3.05, 3.63) is 0 Å². The van der Waals surface area contributed by atoms with Crippen molar-refractivity contribution >= 4 is 0 Å². The average molecular weight is 223 g/mol. The highest BCUT2D eigenvalue weighted by molar-refractivity contribution is 4.81. The van der Waals surface area contributed by atoms with Crippen LogP contribution >= 0.6 is 0 Å². The quantitative estimate of drug-likeness (QED) is 0.486. The molecule has 16 heavy (non-hydrogen) atoms. The third-order valence-corrected chi connectivity index (χ3v) is 3.68. The fraction of sp³-hybridized carbons (Fsp3) is 0.933. The van der Waals surface area contributed by atoms with E-state index in [1.54, 1.807) is 0 Å². The predicted molar refractivity (Wildman–Crippen MR) is 71.2 cm³/mol. The zero-order valence-corrected chi connectivity index (χ0v) is 11.7. The molecule has 0 rings (SSSR count). The van der Waals surface area contributed by atoms with Gasteiger partial charge in [-0.3, -0.25) is 0 Å². The molecule has 0 spiro atoms. The lowest BCUT2D eigenvalue weighted by molar-refractivity contribution is 0.306. The number of rotatable bonds is 9. The molecule has 0 heterocycles. The SMILES string of the molecule is CCCC(C#N)CCCCCC(C)(C)CC. The van der Waals surface area contributed by atoms with Crippen LogP contribution in [0.3, 0.4) is 0 Å². The third-order valence-electron chi connectivity index (χ3n) is 3.68. The highest BCUT2D eigenvalue weighted by Crippen LogP contribution is 2.27. The van der Waals surface area contributed by atoms with Crippen molar-refractivity contribution in [2.24, 2.45) is 11.3 Å². The Morgan fingerprint density at radius 3 is 2.25 bits per heavy atom. The molecule has 1 nitrogen and oxygen atoms in total. The Balaban J connectivity index is 3.50. The summed E-state index contributed by atoms with van der Waals surface area (Å²) in [6.07, 6.45) is 9.78. The highest BCUT2D eigenvalue weighted by Gasteiger charge is 2.14. The summed E-state index contributed by atoms with van der Waals surface area (Å²) in [6, 6.07) is 2.42. The molecule has 0 N–H and O–H groups in total. The first kappa shape index (κ1) is 15.5. The van der Waals surface area contributed by atoms with E-state index in [1.807, 2.05) is 0 Å². The number of hydrogen-bond donors (Lipinski definition) is 0. The summed E-state index contributed by atoms with van der Waals surface area (Å²) in [5.41, 5.74) is 0.512. The van der Waals surface area contributed by atoms with Crippen molar-refractivity contribution in [2.45, 2.75) is 79.1 Å². The van der Waals surface area contributed by atoms with Gasteiger partial charge in [-0.1, -0.05) is 59.8 Å². The summed E-state index contributed by atoms with van der Waals surface area (Å²) in [6.45, 7) is 9.13. The lowest BCUT2D eigenvalue weighted by Gasteiger charge is -2.22. The van der Waals surface area contributed by atoms with E-state index in [0.29, 0.717) is 11.3 Å². The Bertz CT molecular complexity index is 200. The standard InChI is InChI=1S/C15H29N/c1-5-10-14(13-16)11-8-7-9-12-15(3,4)6-2/h14H,5-12H2,1-4H3. The molecule has 0 aromatic carbocycles. The van der Waals surface area contributed by atoms with Crippen molar-refractivity contribution < 1.29 is 0 Å².